The van der Waals surface area contributed by atoms with Gasteiger partial charge in [-0.25, -0.2) is 9.78 Å². The lowest BCUT2D eigenvalue weighted by Gasteiger charge is -2.16. The Morgan fingerprint density at radius 3 is 2.92 bits per heavy atom. The Hall–Kier alpha value is -1.48. The Balaban J connectivity index is 2.46. The van der Waals surface area contributed by atoms with Crippen LogP contribution < -0.4 is 0 Å². The van der Waals surface area contributed by atoms with Crippen molar-refractivity contribution in [1.29, 1.82) is 0 Å². The predicted octanol–water partition coefficient (Wildman–Crippen LogP) is 0.783. The topological polar surface area (TPSA) is 60.1 Å². The average Bonchev–Trinajstić information content (AvgIpc) is 2.52. The second-order valence-electron chi connectivity index (χ2n) is 3.42. The van der Waals surface area contributed by atoms with Gasteiger partial charge in [-0.1, -0.05) is 0 Å². The summed E-state index contributed by atoms with van der Waals surface area (Å²) in [6, 6.07) is 0. The maximum Gasteiger partial charge on any atom is 0.235 e. The van der Waals surface area contributed by atoms with Crippen molar-refractivity contribution in [3.8, 4) is 0 Å². The maximum atomic E-state index is 10.1. The Labute approximate surface area is 76.5 Å². The highest BCUT2D eigenvalue weighted by atomic mass is 16.1. The van der Waals surface area contributed by atoms with Crippen LogP contribution in [0.1, 0.15) is 20.3 Å². The Kier molecular flexibility index (Phi) is 2.93. The first-order valence-electron chi connectivity index (χ1n) is 4.05. The lowest BCUT2D eigenvalue weighted by molar-refractivity contribution is 0.419. The number of aliphatic imine (C=N–C) groups is 1. The van der Waals surface area contributed by atoms with Crippen molar-refractivity contribution in [2.24, 2.45) is 4.99 Å². The molecule has 0 amide bonds. The molecule has 0 saturated heterocycles. The van der Waals surface area contributed by atoms with Gasteiger partial charge in [-0.15, -0.1) is 0 Å². The predicted molar refractivity (Wildman–Crippen MR) is 46.8 cm³/mol. The number of carbonyl (C=O) groups excluding carboxylic acids is 1. The Morgan fingerprint density at radius 1 is 1.62 bits per heavy atom. The standard InChI is InChI=1S/C8H12N4O/c1-8(2,10-7-13)3-4-12-6-9-5-11-12/h5-6H,3-4H2,1-2H3. The van der Waals surface area contributed by atoms with Crippen molar-refractivity contribution >= 4 is 6.08 Å². The van der Waals surface area contributed by atoms with Gasteiger partial charge in [0.05, 0.1) is 5.54 Å². The molecule has 70 valence electrons. The van der Waals surface area contributed by atoms with Crippen LogP contribution in [-0.2, 0) is 11.3 Å². The molecule has 5 nitrogen and oxygen atoms in total. The van der Waals surface area contributed by atoms with Gasteiger partial charge >= 0.3 is 0 Å². The molecule has 0 fully saturated rings. The van der Waals surface area contributed by atoms with E-state index in [1.54, 1.807) is 17.1 Å². The molecule has 0 N–H and O–H groups in total. The molecule has 0 aromatic carbocycles. The number of aryl methyl sites for hydroxylation is 1. The third-order valence-electron chi connectivity index (χ3n) is 1.77. The molecule has 0 atom stereocenters. The lowest BCUT2D eigenvalue weighted by Crippen LogP contribution is -2.19. The molecule has 0 spiro atoms. The van der Waals surface area contributed by atoms with E-state index in [1.807, 2.05) is 13.8 Å². The fourth-order valence-electron chi connectivity index (χ4n) is 0.916. The number of hydrogen-bond acceptors (Lipinski definition) is 4. The number of aromatic nitrogens is 3. The molecule has 0 aliphatic rings. The quantitative estimate of drug-likeness (QED) is 0.508. The van der Waals surface area contributed by atoms with E-state index in [4.69, 9.17) is 0 Å². The third-order valence-corrected chi connectivity index (χ3v) is 1.77. The lowest BCUT2D eigenvalue weighted by atomic mass is 10.0. The highest BCUT2D eigenvalue weighted by Gasteiger charge is 2.15. The summed E-state index contributed by atoms with van der Waals surface area (Å²) < 4.78 is 1.71. The highest BCUT2D eigenvalue weighted by Crippen LogP contribution is 2.13. The summed E-state index contributed by atoms with van der Waals surface area (Å²) in [5.41, 5.74) is -0.367. The molecule has 1 heterocycles. The van der Waals surface area contributed by atoms with Crippen LogP contribution in [-0.4, -0.2) is 26.4 Å². The minimum Gasteiger partial charge on any atom is -0.253 e. The van der Waals surface area contributed by atoms with Gasteiger partial charge in [-0.3, -0.25) is 4.68 Å². The van der Waals surface area contributed by atoms with E-state index < -0.39 is 0 Å². The van der Waals surface area contributed by atoms with Gasteiger partial charge in [-0.2, -0.15) is 10.1 Å². The van der Waals surface area contributed by atoms with Crippen LogP contribution in [0, 0.1) is 0 Å². The zero-order valence-electron chi connectivity index (χ0n) is 7.77. The van der Waals surface area contributed by atoms with Crippen LogP contribution >= 0.6 is 0 Å². The number of nitrogens with zero attached hydrogens (tertiary/aromatic N) is 4. The number of rotatable bonds is 4. The number of isocyanates is 1. The van der Waals surface area contributed by atoms with E-state index in [-0.39, 0.29) is 5.54 Å². The third kappa shape index (κ3) is 3.17. The van der Waals surface area contributed by atoms with E-state index in [9.17, 15) is 4.79 Å². The van der Waals surface area contributed by atoms with Crippen LogP contribution in [0.25, 0.3) is 0 Å². The number of hydrogen-bond donors (Lipinski definition) is 0. The second-order valence-corrected chi connectivity index (χ2v) is 3.42. The summed E-state index contributed by atoms with van der Waals surface area (Å²) in [7, 11) is 0. The molecule has 1 rings (SSSR count). The summed E-state index contributed by atoms with van der Waals surface area (Å²) >= 11 is 0. The van der Waals surface area contributed by atoms with Crippen molar-refractivity contribution in [3.05, 3.63) is 12.7 Å². The maximum absolute atomic E-state index is 10.1. The molecule has 1 aromatic rings. The largest absolute Gasteiger partial charge is 0.253 e. The van der Waals surface area contributed by atoms with Gasteiger partial charge in [0, 0.05) is 6.54 Å². The van der Waals surface area contributed by atoms with Crippen molar-refractivity contribution in [1.82, 2.24) is 14.8 Å². The van der Waals surface area contributed by atoms with E-state index in [0.717, 1.165) is 6.42 Å². The van der Waals surface area contributed by atoms with Gasteiger partial charge in [0.2, 0.25) is 6.08 Å². The molecular formula is C8H12N4O. The average molecular weight is 180 g/mol. The zero-order valence-corrected chi connectivity index (χ0v) is 7.77. The first-order chi connectivity index (χ1) is 6.14. The van der Waals surface area contributed by atoms with Crippen LogP contribution in [0.15, 0.2) is 17.6 Å². The molecule has 0 bridgehead atoms. The molecule has 1 aromatic heterocycles. The highest BCUT2D eigenvalue weighted by molar-refractivity contribution is 5.34. The molecular weight excluding hydrogens is 168 g/mol. The molecule has 0 unspecified atom stereocenters. The second kappa shape index (κ2) is 3.96. The molecule has 5 heteroatoms. The van der Waals surface area contributed by atoms with E-state index in [2.05, 4.69) is 15.1 Å². The first kappa shape index (κ1) is 9.61. The fourth-order valence-corrected chi connectivity index (χ4v) is 0.916. The Morgan fingerprint density at radius 2 is 2.38 bits per heavy atom. The summed E-state index contributed by atoms with van der Waals surface area (Å²) in [4.78, 5) is 17.6. The normalized spacial score (nSPS) is 10.9. The minimum absolute atomic E-state index is 0.367. The van der Waals surface area contributed by atoms with Gasteiger partial charge in [-0.05, 0) is 20.3 Å². The van der Waals surface area contributed by atoms with E-state index >= 15 is 0 Å². The molecule has 13 heavy (non-hydrogen) atoms. The summed E-state index contributed by atoms with van der Waals surface area (Å²) in [6.07, 6.45) is 5.43. The monoisotopic (exact) mass is 180 g/mol. The molecule has 0 aliphatic heterocycles. The van der Waals surface area contributed by atoms with Gasteiger partial charge in [0.25, 0.3) is 0 Å². The minimum atomic E-state index is -0.367. The van der Waals surface area contributed by atoms with Crippen molar-refractivity contribution in [2.75, 3.05) is 0 Å². The molecule has 0 aliphatic carbocycles. The van der Waals surface area contributed by atoms with E-state index in [1.165, 1.54) is 6.33 Å². The first-order valence-corrected chi connectivity index (χ1v) is 4.05. The van der Waals surface area contributed by atoms with Crippen LogP contribution in [0.3, 0.4) is 0 Å². The summed E-state index contributed by atoms with van der Waals surface area (Å²) in [5, 5.41) is 3.94. The smallest absolute Gasteiger partial charge is 0.235 e. The van der Waals surface area contributed by atoms with Gasteiger partial charge < -0.3 is 0 Å². The van der Waals surface area contributed by atoms with Crippen molar-refractivity contribution in [2.45, 2.75) is 32.4 Å². The van der Waals surface area contributed by atoms with E-state index in [0.29, 0.717) is 6.54 Å². The van der Waals surface area contributed by atoms with Crippen molar-refractivity contribution < 1.29 is 4.79 Å². The summed E-state index contributed by atoms with van der Waals surface area (Å²) in [6.45, 7) is 4.47. The van der Waals surface area contributed by atoms with Crippen molar-refractivity contribution in [3.63, 3.8) is 0 Å². The summed E-state index contributed by atoms with van der Waals surface area (Å²) in [5.74, 6) is 0. The fraction of sp³-hybridized carbons (Fsp3) is 0.625. The molecule has 0 saturated carbocycles. The zero-order chi connectivity index (χ0) is 9.73. The Bertz CT molecular complexity index is 298. The van der Waals surface area contributed by atoms with Gasteiger partial charge in [0.1, 0.15) is 12.7 Å². The van der Waals surface area contributed by atoms with Crippen LogP contribution in [0.4, 0.5) is 0 Å². The molecule has 0 radical (unpaired) electrons. The van der Waals surface area contributed by atoms with Crippen LogP contribution in [0.5, 0.6) is 0 Å². The SMILES string of the molecule is CC(C)(CCn1cncn1)N=C=O. The van der Waals surface area contributed by atoms with Crippen LogP contribution in [0.2, 0.25) is 0 Å². The van der Waals surface area contributed by atoms with Gasteiger partial charge in [0.15, 0.2) is 0 Å².